The molecule has 0 amide bonds. The molecule has 4 rings (SSSR count). The van der Waals surface area contributed by atoms with Gasteiger partial charge in [-0.2, -0.15) is 0 Å². The smallest absolute Gasteiger partial charge is 0.0628 e. The van der Waals surface area contributed by atoms with Gasteiger partial charge >= 0.3 is 0 Å². The van der Waals surface area contributed by atoms with Gasteiger partial charge in [0.25, 0.3) is 0 Å². The highest BCUT2D eigenvalue weighted by atomic mass is 16.5. The number of hydrogen-bond donors (Lipinski definition) is 0. The largest absolute Gasteiger partial charge is 0.381 e. The molecule has 2 aliphatic heterocycles. The number of ether oxygens (including phenoxy) is 2. The van der Waals surface area contributed by atoms with Crippen LogP contribution in [0.25, 0.3) is 0 Å². The van der Waals surface area contributed by atoms with E-state index in [1.54, 1.807) is 0 Å². The third-order valence-electron chi connectivity index (χ3n) is 7.31. The first kappa shape index (κ1) is 20.6. The van der Waals surface area contributed by atoms with Gasteiger partial charge in [0.1, 0.15) is 0 Å². The van der Waals surface area contributed by atoms with Gasteiger partial charge in [0, 0.05) is 26.7 Å². The minimum Gasteiger partial charge on any atom is -0.381 e. The molecular weight excluding hydrogens is 324 g/mol. The predicted molar refractivity (Wildman–Crippen MR) is 108 cm³/mol. The molecule has 4 heteroatoms. The summed E-state index contributed by atoms with van der Waals surface area (Å²) >= 11 is 0. The Bertz CT molecular complexity index is 400. The van der Waals surface area contributed by atoms with Gasteiger partial charge in [0.05, 0.1) is 18.3 Å². The van der Waals surface area contributed by atoms with Crippen molar-refractivity contribution in [3.63, 3.8) is 0 Å². The molecule has 4 nitrogen and oxygen atoms in total. The van der Waals surface area contributed by atoms with Gasteiger partial charge < -0.3 is 19.3 Å². The van der Waals surface area contributed by atoms with Crippen molar-refractivity contribution in [1.82, 2.24) is 9.80 Å². The van der Waals surface area contributed by atoms with Crippen LogP contribution in [0, 0.1) is 11.3 Å². The van der Waals surface area contributed by atoms with Gasteiger partial charge in [-0.05, 0) is 82.8 Å². The SMILES string of the molecule is CC.COC1CC(OC2CCN(CC3CC4(CCN(C)CC4)C3)CC2)C1. The molecule has 0 unspecified atom stereocenters. The van der Waals surface area contributed by atoms with Crippen molar-refractivity contribution in [3.05, 3.63) is 0 Å². The fraction of sp³-hybridized carbons (Fsp3) is 1.00. The van der Waals surface area contributed by atoms with Gasteiger partial charge in [-0.25, -0.2) is 0 Å². The lowest BCUT2D eigenvalue weighted by molar-refractivity contribution is -0.127. The number of hydrogen-bond acceptors (Lipinski definition) is 4. The number of rotatable bonds is 5. The maximum atomic E-state index is 6.24. The summed E-state index contributed by atoms with van der Waals surface area (Å²) in [6.07, 6.45) is 12.0. The molecule has 26 heavy (non-hydrogen) atoms. The molecule has 1 spiro atoms. The van der Waals surface area contributed by atoms with Crippen LogP contribution < -0.4 is 0 Å². The van der Waals surface area contributed by atoms with E-state index in [0.717, 1.165) is 24.2 Å². The summed E-state index contributed by atoms with van der Waals surface area (Å²) in [5.41, 5.74) is 0.737. The molecule has 0 radical (unpaired) electrons. The summed E-state index contributed by atoms with van der Waals surface area (Å²) in [6.45, 7) is 10.5. The van der Waals surface area contributed by atoms with E-state index in [1.807, 2.05) is 21.0 Å². The molecule has 4 aliphatic rings. The summed E-state index contributed by atoms with van der Waals surface area (Å²) < 4.78 is 11.6. The van der Waals surface area contributed by atoms with Crippen LogP contribution in [-0.4, -0.2) is 75.0 Å². The second kappa shape index (κ2) is 9.36. The van der Waals surface area contributed by atoms with Crippen LogP contribution in [0.4, 0.5) is 0 Å². The molecule has 0 bridgehead atoms. The van der Waals surface area contributed by atoms with Crippen LogP contribution in [0.1, 0.15) is 65.2 Å². The zero-order valence-electron chi connectivity index (χ0n) is 17.7. The van der Waals surface area contributed by atoms with Crippen LogP contribution >= 0.6 is 0 Å². The highest BCUT2D eigenvalue weighted by molar-refractivity contribution is 4.97. The fourth-order valence-corrected chi connectivity index (χ4v) is 5.48. The molecule has 0 aromatic heterocycles. The Hall–Kier alpha value is -0.160. The van der Waals surface area contributed by atoms with Gasteiger partial charge in [-0.1, -0.05) is 13.8 Å². The van der Waals surface area contributed by atoms with Crippen LogP contribution in [-0.2, 0) is 9.47 Å². The van der Waals surface area contributed by atoms with E-state index in [2.05, 4.69) is 16.8 Å². The van der Waals surface area contributed by atoms with E-state index in [4.69, 9.17) is 9.47 Å². The van der Waals surface area contributed by atoms with E-state index in [-0.39, 0.29) is 0 Å². The highest BCUT2D eigenvalue weighted by Gasteiger charge is 2.45. The van der Waals surface area contributed by atoms with E-state index < -0.39 is 0 Å². The Labute approximate surface area is 161 Å². The van der Waals surface area contributed by atoms with Gasteiger partial charge in [0.2, 0.25) is 0 Å². The van der Waals surface area contributed by atoms with Crippen molar-refractivity contribution in [3.8, 4) is 0 Å². The van der Waals surface area contributed by atoms with E-state index in [9.17, 15) is 0 Å². The lowest BCUT2D eigenvalue weighted by atomic mass is 9.57. The van der Waals surface area contributed by atoms with E-state index >= 15 is 0 Å². The number of likely N-dealkylation sites (tertiary alicyclic amines) is 2. The minimum atomic E-state index is 0.459. The average molecular weight is 367 g/mol. The van der Waals surface area contributed by atoms with Gasteiger partial charge in [-0.15, -0.1) is 0 Å². The maximum absolute atomic E-state index is 6.24. The van der Waals surface area contributed by atoms with Crippen LogP contribution in [0.5, 0.6) is 0 Å². The third kappa shape index (κ3) is 5.01. The summed E-state index contributed by atoms with van der Waals surface area (Å²) in [4.78, 5) is 5.21. The van der Waals surface area contributed by atoms with Gasteiger partial charge in [0.15, 0.2) is 0 Å². The monoisotopic (exact) mass is 366 g/mol. The van der Waals surface area contributed by atoms with Crippen molar-refractivity contribution in [1.29, 1.82) is 0 Å². The first-order chi connectivity index (χ1) is 12.6. The molecule has 2 aliphatic carbocycles. The first-order valence-electron chi connectivity index (χ1n) is 11.2. The minimum absolute atomic E-state index is 0.459. The molecule has 0 N–H and O–H groups in total. The standard InChI is InChI=1S/C20H36N2O2.C2H6/c1-21-9-5-20(6-10-21)13-16(14-20)15-22-7-3-17(4-8-22)24-19-11-18(12-19)23-2;1-2/h16-19H,3-15H2,1-2H3;1-2H3. The summed E-state index contributed by atoms with van der Waals surface area (Å²) in [6, 6.07) is 0. The molecule has 0 aromatic carbocycles. The lowest BCUT2D eigenvalue weighted by Gasteiger charge is -2.53. The van der Waals surface area contributed by atoms with Crippen molar-refractivity contribution in [2.45, 2.75) is 83.5 Å². The Balaban J connectivity index is 0.000000948. The van der Waals surface area contributed by atoms with Crippen molar-refractivity contribution >= 4 is 0 Å². The maximum Gasteiger partial charge on any atom is 0.0628 e. The van der Waals surface area contributed by atoms with Crippen molar-refractivity contribution < 1.29 is 9.47 Å². The lowest BCUT2D eigenvalue weighted by Crippen LogP contribution is -2.50. The zero-order chi connectivity index (χ0) is 18.6. The van der Waals surface area contributed by atoms with Crippen molar-refractivity contribution in [2.24, 2.45) is 11.3 Å². The number of piperidine rings is 2. The quantitative estimate of drug-likeness (QED) is 0.739. The van der Waals surface area contributed by atoms with Crippen LogP contribution in [0.15, 0.2) is 0 Å². The van der Waals surface area contributed by atoms with E-state index in [1.165, 1.54) is 71.2 Å². The molecule has 152 valence electrons. The summed E-state index contributed by atoms with van der Waals surface area (Å²) in [5.74, 6) is 0.972. The second-order valence-corrected chi connectivity index (χ2v) is 9.16. The Morgan fingerprint density at radius 2 is 1.50 bits per heavy atom. The average Bonchev–Trinajstić information content (AvgIpc) is 2.61. The number of nitrogens with zero attached hydrogens (tertiary/aromatic N) is 2. The fourth-order valence-electron chi connectivity index (χ4n) is 5.48. The number of methoxy groups -OCH3 is 1. The van der Waals surface area contributed by atoms with Gasteiger partial charge in [-0.3, -0.25) is 0 Å². The summed E-state index contributed by atoms with van der Waals surface area (Å²) in [7, 11) is 4.09. The topological polar surface area (TPSA) is 24.9 Å². The van der Waals surface area contributed by atoms with Crippen LogP contribution in [0.3, 0.4) is 0 Å². The second-order valence-electron chi connectivity index (χ2n) is 9.16. The molecule has 0 aromatic rings. The molecule has 2 saturated carbocycles. The molecule has 0 atom stereocenters. The first-order valence-corrected chi connectivity index (χ1v) is 11.2. The Kier molecular flexibility index (Phi) is 7.40. The van der Waals surface area contributed by atoms with Crippen molar-refractivity contribution in [2.75, 3.05) is 46.9 Å². The molecule has 2 heterocycles. The normalized spacial score (nSPS) is 33.2. The zero-order valence-corrected chi connectivity index (χ0v) is 17.7. The van der Waals surface area contributed by atoms with Crippen LogP contribution in [0.2, 0.25) is 0 Å². The summed E-state index contributed by atoms with van der Waals surface area (Å²) in [5, 5.41) is 0. The van der Waals surface area contributed by atoms with E-state index in [0.29, 0.717) is 18.3 Å². The highest BCUT2D eigenvalue weighted by Crippen LogP contribution is 2.52. The molecule has 2 saturated heterocycles. The molecule has 4 fully saturated rings. The molecular formula is C22H42N2O2. The Morgan fingerprint density at radius 1 is 0.885 bits per heavy atom. The Morgan fingerprint density at radius 3 is 2.08 bits per heavy atom. The predicted octanol–water partition coefficient (Wildman–Crippen LogP) is 3.79. The third-order valence-corrected chi connectivity index (χ3v) is 7.31.